The van der Waals surface area contributed by atoms with Crippen molar-refractivity contribution in [2.24, 2.45) is 0 Å². The lowest BCUT2D eigenvalue weighted by atomic mass is 9.86. The Hall–Kier alpha value is -2.88. The molecule has 0 aliphatic rings. The van der Waals surface area contributed by atoms with Crippen LogP contribution in [0.15, 0.2) is 51.7 Å². The van der Waals surface area contributed by atoms with Crippen LogP contribution in [0, 0.1) is 6.92 Å². The molecule has 0 N–H and O–H groups in total. The van der Waals surface area contributed by atoms with Crippen LogP contribution in [0.25, 0.3) is 22.3 Å². The molecule has 0 saturated heterocycles. The monoisotopic (exact) mass is 364 g/mol. The quantitative estimate of drug-likeness (QED) is 0.596. The average Bonchev–Trinajstić information content (AvgIpc) is 2.64. The highest BCUT2D eigenvalue weighted by Crippen LogP contribution is 2.30. The Morgan fingerprint density at radius 3 is 2.33 bits per heavy atom. The number of hydrogen-bond donors (Lipinski definition) is 0. The maximum atomic E-state index is 12.9. The predicted molar refractivity (Wildman–Crippen MR) is 107 cm³/mol. The van der Waals surface area contributed by atoms with Gasteiger partial charge in [0.25, 0.3) is 0 Å². The molecule has 1 heterocycles. The molecule has 4 heteroatoms. The Bertz CT molecular complexity index is 1050. The molecule has 3 aromatic rings. The second kappa shape index (κ2) is 7.03. The van der Waals surface area contributed by atoms with Crippen LogP contribution in [-0.4, -0.2) is 12.6 Å². The highest BCUT2D eigenvalue weighted by atomic mass is 16.5. The van der Waals surface area contributed by atoms with E-state index >= 15 is 0 Å². The van der Waals surface area contributed by atoms with E-state index in [9.17, 15) is 9.59 Å². The molecular formula is C23H24O4. The van der Waals surface area contributed by atoms with Crippen molar-refractivity contribution in [3.63, 3.8) is 0 Å². The van der Waals surface area contributed by atoms with Gasteiger partial charge >= 0.3 is 5.97 Å². The van der Waals surface area contributed by atoms with E-state index in [1.165, 1.54) is 5.56 Å². The second-order valence-electron chi connectivity index (χ2n) is 7.62. The molecule has 3 rings (SSSR count). The number of carbonyl (C=O) groups is 1. The van der Waals surface area contributed by atoms with Crippen LogP contribution in [0.2, 0.25) is 0 Å². The Morgan fingerprint density at radius 2 is 1.74 bits per heavy atom. The number of carbonyl (C=O) groups excluding carboxylic acids is 1. The van der Waals surface area contributed by atoms with Gasteiger partial charge in [0.05, 0.1) is 12.0 Å². The van der Waals surface area contributed by atoms with Crippen molar-refractivity contribution in [2.75, 3.05) is 6.61 Å². The van der Waals surface area contributed by atoms with Crippen LogP contribution < -0.4 is 5.43 Å². The minimum Gasteiger partial charge on any atom is -0.462 e. The molecular weight excluding hydrogens is 340 g/mol. The fourth-order valence-corrected chi connectivity index (χ4v) is 3.08. The lowest BCUT2D eigenvalue weighted by Gasteiger charge is -2.19. The molecule has 0 spiro atoms. The summed E-state index contributed by atoms with van der Waals surface area (Å²) >= 11 is 0. The second-order valence-corrected chi connectivity index (χ2v) is 7.62. The lowest BCUT2D eigenvalue weighted by molar-refractivity contribution is 0.0527. The van der Waals surface area contributed by atoms with E-state index < -0.39 is 5.97 Å². The first-order valence-corrected chi connectivity index (χ1v) is 9.08. The van der Waals surface area contributed by atoms with Crippen LogP contribution in [0.5, 0.6) is 0 Å². The van der Waals surface area contributed by atoms with Gasteiger partial charge in [0.15, 0.2) is 11.0 Å². The summed E-state index contributed by atoms with van der Waals surface area (Å²) in [6.07, 6.45) is 0. The smallest absolute Gasteiger partial charge is 0.341 e. The molecule has 0 saturated carbocycles. The number of para-hydroxylation sites is 1. The topological polar surface area (TPSA) is 56.5 Å². The van der Waals surface area contributed by atoms with E-state index in [4.69, 9.17) is 9.15 Å². The molecule has 0 bridgehead atoms. The summed E-state index contributed by atoms with van der Waals surface area (Å²) in [5, 5.41) is 0.383. The van der Waals surface area contributed by atoms with Gasteiger partial charge in [-0.05, 0) is 37.0 Å². The average molecular weight is 364 g/mol. The predicted octanol–water partition coefficient (Wildman–Crippen LogP) is 5.24. The van der Waals surface area contributed by atoms with Gasteiger partial charge in [-0.2, -0.15) is 0 Å². The maximum Gasteiger partial charge on any atom is 0.341 e. The molecule has 0 aliphatic heterocycles. The zero-order valence-electron chi connectivity index (χ0n) is 16.4. The Balaban J connectivity index is 2.22. The molecule has 0 fully saturated rings. The summed E-state index contributed by atoms with van der Waals surface area (Å²) in [6.45, 7) is 10.2. The van der Waals surface area contributed by atoms with Gasteiger partial charge in [-0.25, -0.2) is 4.79 Å². The van der Waals surface area contributed by atoms with Crippen molar-refractivity contribution in [1.29, 1.82) is 0 Å². The van der Waals surface area contributed by atoms with Crippen molar-refractivity contribution < 1.29 is 13.9 Å². The number of fused-ring (bicyclic) bond motifs is 1. The molecule has 2 aromatic carbocycles. The molecule has 27 heavy (non-hydrogen) atoms. The third-order valence-corrected chi connectivity index (χ3v) is 4.65. The first kappa shape index (κ1) is 18.9. The summed E-state index contributed by atoms with van der Waals surface area (Å²) < 4.78 is 11.2. The zero-order chi connectivity index (χ0) is 19.8. The first-order chi connectivity index (χ1) is 12.7. The van der Waals surface area contributed by atoms with Gasteiger partial charge in [-0.15, -0.1) is 0 Å². The van der Waals surface area contributed by atoms with E-state index in [-0.39, 0.29) is 28.6 Å². The molecule has 0 radical (unpaired) electrons. The summed E-state index contributed by atoms with van der Waals surface area (Å²) in [4.78, 5) is 25.1. The molecule has 140 valence electrons. The van der Waals surface area contributed by atoms with E-state index in [0.717, 1.165) is 5.56 Å². The van der Waals surface area contributed by atoms with Gasteiger partial charge in [-0.3, -0.25) is 4.79 Å². The van der Waals surface area contributed by atoms with Crippen LogP contribution in [0.3, 0.4) is 0 Å². The molecule has 0 unspecified atom stereocenters. The molecule has 0 aliphatic carbocycles. The zero-order valence-corrected chi connectivity index (χ0v) is 16.4. The number of benzene rings is 2. The van der Waals surface area contributed by atoms with Crippen LogP contribution in [0.4, 0.5) is 0 Å². The highest BCUT2D eigenvalue weighted by molar-refractivity contribution is 6.02. The minimum atomic E-state index is -0.496. The third kappa shape index (κ3) is 3.52. The standard InChI is InChI=1S/C23H24O4/c1-6-26-22(25)18-9-7-8-17-19(24)14(2)20(27-21(17)18)15-10-12-16(13-11-15)23(3,4)5/h7-13H,6H2,1-5H3. The Kier molecular flexibility index (Phi) is 4.92. The molecule has 0 atom stereocenters. The SMILES string of the molecule is CCOC(=O)c1cccc2c(=O)c(C)c(-c3ccc(C(C)(C)C)cc3)oc12. The Labute approximate surface area is 158 Å². The van der Waals surface area contributed by atoms with Gasteiger partial charge < -0.3 is 9.15 Å². The van der Waals surface area contributed by atoms with Crippen molar-refractivity contribution >= 4 is 16.9 Å². The Morgan fingerprint density at radius 1 is 1.07 bits per heavy atom. The largest absolute Gasteiger partial charge is 0.462 e. The molecule has 0 amide bonds. The lowest BCUT2D eigenvalue weighted by Crippen LogP contribution is -2.12. The van der Waals surface area contributed by atoms with Crippen molar-refractivity contribution in [1.82, 2.24) is 0 Å². The fourth-order valence-electron chi connectivity index (χ4n) is 3.08. The number of esters is 1. The van der Waals surface area contributed by atoms with Gasteiger partial charge in [0.1, 0.15) is 11.3 Å². The molecule has 4 nitrogen and oxygen atoms in total. The highest BCUT2D eigenvalue weighted by Gasteiger charge is 2.20. The summed E-state index contributed by atoms with van der Waals surface area (Å²) in [5.74, 6) is -0.0196. The van der Waals surface area contributed by atoms with E-state index in [2.05, 4.69) is 20.8 Å². The fraction of sp³-hybridized carbons (Fsp3) is 0.304. The maximum absolute atomic E-state index is 12.9. The van der Waals surface area contributed by atoms with Crippen molar-refractivity contribution in [2.45, 2.75) is 40.0 Å². The molecule has 1 aromatic heterocycles. The summed E-state index contributed by atoms with van der Waals surface area (Å²) in [5.41, 5.74) is 2.94. The normalized spacial score (nSPS) is 11.6. The van der Waals surface area contributed by atoms with E-state index in [0.29, 0.717) is 16.7 Å². The minimum absolute atomic E-state index is 0.0366. The summed E-state index contributed by atoms with van der Waals surface area (Å²) in [6, 6.07) is 12.9. The summed E-state index contributed by atoms with van der Waals surface area (Å²) in [7, 11) is 0. The number of hydrogen-bond acceptors (Lipinski definition) is 4. The van der Waals surface area contributed by atoms with Crippen molar-refractivity contribution in [3.8, 4) is 11.3 Å². The van der Waals surface area contributed by atoms with Gasteiger partial charge in [0, 0.05) is 11.1 Å². The number of ether oxygens (including phenoxy) is 1. The van der Waals surface area contributed by atoms with Crippen molar-refractivity contribution in [3.05, 3.63) is 69.4 Å². The van der Waals surface area contributed by atoms with Gasteiger partial charge in [0.2, 0.25) is 0 Å². The number of rotatable bonds is 3. The van der Waals surface area contributed by atoms with E-state index in [1.807, 2.05) is 24.3 Å². The third-order valence-electron chi connectivity index (χ3n) is 4.65. The van der Waals surface area contributed by atoms with Crippen LogP contribution in [0.1, 0.15) is 49.2 Å². The van der Waals surface area contributed by atoms with E-state index in [1.54, 1.807) is 32.0 Å². The van der Waals surface area contributed by atoms with Crippen LogP contribution in [-0.2, 0) is 10.2 Å². The van der Waals surface area contributed by atoms with Crippen LogP contribution >= 0.6 is 0 Å². The first-order valence-electron chi connectivity index (χ1n) is 9.08. The van der Waals surface area contributed by atoms with Gasteiger partial charge in [-0.1, -0.05) is 51.1 Å².